The van der Waals surface area contributed by atoms with Gasteiger partial charge in [0.15, 0.2) is 0 Å². The monoisotopic (exact) mass is 214 g/mol. The van der Waals surface area contributed by atoms with E-state index in [0.717, 1.165) is 18.9 Å². The first-order valence-corrected chi connectivity index (χ1v) is 4.64. The lowest BCUT2D eigenvalue weighted by atomic mass is 9.98. The Kier molecular flexibility index (Phi) is 9.52. The van der Waals surface area contributed by atoms with Crippen molar-refractivity contribution < 1.29 is 19.8 Å². The molecule has 1 atom stereocenters. The van der Waals surface area contributed by atoms with Crippen molar-refractivity contribution in [2.45, 2.75) is 26.7 Å². The van der Waals surface area contributed by atoms with Gasteiger partial charge in [-0.2, -0.15) is 0 Å². The van der Waals surface area contributed by atoms with Crippen LogP contribution in [0.3, 0.4) is 0 Å². The van der Waals surface area contributed by atoms with Crippen molar-refractivity contribution in [3.63, 3.8) is 0 Å². The Hall–Kier alpha value is -1.58. The molecule has 0 amide bonds. The van der Waals surface area contributed by atoms with Gasteiger partial charge in [0.2, 0.25) is 0 Å². The zero-order valence-electron chi connectivity index (χ0n) is 9.19. The van der Waals surface area contributed by atoms with Crippen molar-refractivity contribution in [3.05, 3.63) is 24.8 Å². The third-order valence-electron chi connectivity index (χ3n) is 1.77. The molecule has 4 heteroatoms. The minimum atomic E-state index is -0.981. The lowest BCUT2D eigenvalue weighted by Gasteiger charge is -2.07. The summed E-state index contributed by atoms with van der Waals surface area (Å²) in [6.45, 7) is 10.4. The van der Waals surface area contributed by atoms with Crippen LogP contribution >= 0.6 is 0 Å². The van der Waals surface area contributed by atoms with Crippen LogP contribution < -0.4 is 0 Å². The normalized spacial score (nSPS) is 10.5. The lowest BCUT2D eigenvalue weighted by Crippen LogP contribution is -2.07. The van der Waals surface area contributed by atoms with Gasteiger partial charge in [-0.1, -0.05) is 33.4 Å². The standard InChI is InChI=1S/C8H14O2.C3H4O2/c1-4-5-6(2)7(3)8(9)10;1-2-3(4)5/h6H,3-5H2,1-2H3,(H,9,10);2H,1H2,(H,4,5). The molecule has 0 saturated carbocycles. The van der Waals surface area contributed by atoms with Crippen LogP contribution in [0.25, 0.3) is 0 Å². The Labute approximate surface area is 89.9 Å². The van der Waals surface area contributed by atoms with E-state index in [4.69, 9.17) is 10.2 Å². The minimum absolute atomic E-state index is 0.113. The number of aliphatic carboxylic acids is 2. The fourth-order valence-electron chi connectivity index (χ4n) is 0.818. The molecule has 0 fully saturated rings. The third kappa shape index (κ3) is 10.3. The van der Waals surface area contributed by atoms with Crippen LogP contribution in [0.15, 0.2) is 24.8 Å². The number of hydrogen-bond donors (Lipinski definition) is 2. The van der Waals surface area contributed by atoms with Gasteiger partial charge in [-0.15, -0.1) is 0 Å². The van der Waals surface area contributed by atoms with Gasteiger partial charge in [-0.3, -0.25) is 0 Å². The minimum Gasteiger partial charge on any atom is -0.478 e. The summed E-state index contributed by atoms with van der Waals surface area (Å²) in [7, 11) is 0. The van der Waals surface area contributed by atoms with Gasteiger partial charge in [0.05, 0.1) is 0 Å². The smallest absolute Gasteiger partial charge is 0.331 e. The van der Waals surface area contributed by atoms with Crippen LogP contribution in [0.2, 0.25) is 0 Å². The predicted octanol–water partition coefficient (Wildman–Crippen LogP) is 2.32. The van der Waals surface area contributed by atoms with E-state index in [9.17, 15) is 9.59 Å². The summed E-state index contributed by atoms with van der Waals surface area (Å²) in [6, 6.07) is 0. The van der Waals surface area contributed by atoms with Crippen molar-refractivity contribution in [2.75, 3.05) is 0 Å². The topological polar surface area (TPSA) is 74.6 Å². The summed E-state index contributed by atoms with van der Waals surface area (Å²) >= 11 is 0. The molecule has 0 aromatic rings. The highest BCUT2D eigenvalue weighted by Crippen LogP contribution is 2.13. The summed E-state index contributed by atoms with van der Waals surface area (Å²) in [5, 5.41) is 16.1. The summed E-state index contributed by atoms with van der Waals surface area (Å²) in [5.41, 5.74) is 0.321. The zero-order chi connectivity index (χ0) is 12.4. The molecule has 0 aromatic carbocycles. The molecule has 86 valence electrons. The van der Waals surface area contributed by atoms with Crippen molar-refractivity contribution in [1.82, 2.24) is 0 Å². The number of hydrogen-bond acceptors (Lipinski definition) is 2. The van der Waals surface area contributed by atoms with Crippen molar-refractivity contribution in [1.29, 1.82) is 0 Å². The number of carboxylic acid groups (broad SMARTS) is 2. The molecule has 0 rings (SSSR count). The third-order valence-corrected chi connectivity index (χ3v) is 1.77. The largest absolute Gasteiger partial charge is 0.478 e. The first kappa shape index (κ1) is 15.9. The second kappa shape index (κ2) is 8.99. The molecule has 0 saturated heterocycles. The molecule has 15 heavy (non-hydrogen) atoms. The van der Waals surface area contributed by atoms with Crippen molar-refractivity contribution >= 4 is 11.9 Å². The van der Waals surface area contributed by atoms with Crippen molar-refractivity contribution in [2.24, 2.45) is 5.92 Å². The first-order valence-electron chi connectivity index (χ1n) is 4.64. The van der Waals surface area contributed by atoms with Crippen LogP contribution in [0.5, 0.6) is 0 Å². The number of carboxylic acids is 2. The van der Waals surface area contributed by atoms with E-state index in [0.29, 0.717) is 5.57 Å². The molecule has 0 spiro atoms. The van der Waals surface area contributed by atoms with Gasteiger partial charge in [-0.25, -0.2) is 9.59 Å². The molecule has 0 aromatic heterocycles. The second-order valence-corrected chi connectivity index (χ2v) is 3.06. The predicted molar refractivity (Wildman–Crippen MR) is 58.7 cm³/mol. The maximum atomic E-state index is 10.3. The number of carbonyl (C=O) groups is 2. The maximum absolute atomic E-state index is 10.3. The van der Waals surface area contributed by atoms with Gasteiger partial charge in [0, 0.05) is 11.6 Å². The molecule has 0 aliphatic heterocycles. The average Bonchev–Trinajstić information content (AvgIpc) is 2.17. The van der Waals surface area contributed by atoms with E-state index >= 15 is 0 Å². The SMILES string of the molecule is C=C(C(=O)O)C(C)CCC.C=CC(=O)O. The summed E-state index contributed by atoms with van der Waals surface area (Å²) in [6.07, 6.45) is 2.75. The molecular formula is C11H18O4. The van der Waals surface area contributed by atoms with Gasteiger partial charge >= 0.3 is 11.9 Å². The van der Waals surface area contributed by atoms with Crippen molar-refractivity contribution in [3.8, 4) is 0 Å². The molecular weight excluding hydrogens is 196 g/mol. The van der Waals surface area contributed by atoms with Gasteiger partial charge in [0.25, 0.3) is 0 Å². The molecule has 1 unspecified atom stereocenters. The van der Waals surface area contributed by atoms with E-state index in [1.165, 1.54) is 0 Å². The molecule has 0 aliphatic rings. The van der Waals surface area contributed by atoms with Crippen LogP contribution in [-0.4, -0.2) is 22.2 Å². The number of rotatable bonds is 5. The summed E-state index contributed by atoms with van der Waals surface area (Å²) in [5.74, 6) is -1.74. The van der Waals surface area contributed by atoms with E-state index in [1.807, 2.05) is 13.8 Å². The second-order valence-electron chi connectivity index (χ2n) is 3.06. The molecule has 0 heterocycles. The highest BCUT2D eigenvalue weighted by molar-refractivity contribution is 5.86. The van der Waals surface area contributed by atoms with Crippen LogP contribution in [0, 0.1) is 5.92 Å². The molecule has 4 nitrogen and oxygen atoms in total. The molecule has 0 radical (unpaired) electrons. The van der Waals surface area contributed by atoms with Crippen LogP contribution in [0.1, 0.15) is 26.7 Å². The fraction of sp³-hybridized carbons (Fsp3) is 0.455. The zero-order valence-corrected chi connectivity index (χ0v) is 9.19. The van der Waals surface area contributed by atoms with Crippen LogP contribution in [0.4, 0.5) is 0 Å². The lowest BCUT2D eigenvalue weighted by molar-refractivity contribution is -0.133. The van der Waals surface area contributed by atoms with E-state index in [2.05, 4.69) is 13.2 Å². The van der Waals surface area contributed by atoms with Gasteiger partial charge in [-0.05, 0) is 12.3 Å². The maximum Gasteiger partial charge on any atom is 0.331 e. The average molecular weight is 214 g/mol. The van der Waals surface area contributed by atoms with E-state index < -0.39 is 11.9 Å². The highest BCUT2D eigenvalue weighted by atomic mass is 16.4. The molecule has 0 bridgehead atoms. The van der Waals surface area contributed by atoms with Crippen LogP contribution in [-0.2, 0) is 9.59 Å². The van der Waals surface area contributed by atoms with Gasteiger partial charge in [0.1, 0.15) is 0 Å². The Balaban J connectivity index is 0. The first-order chi connectivity index (χ1) is 6.86. The van der Waals surface area contributed by atoms with E-state index in [-0.39, 0.29) is 5.92 Å². The quantitative estimate of drug-likeness (QED) is 0.689. The van der Waals surface area contributed by atoms with E-state index in [1.54, 1.807) is 0 Å². The fourth-order valence-corrected chi connectivity index (χ4v) is 0.818. The summed E-state index contributed by atoms with van der Waals surface area (Å²) < 4.78 is 0. The Morgan fingerprint density at radius 3 is 2.00 bits per heavy atom. The molecule has 0 aliphatic carbocycles. The molecule has 2 N–H and O–H groups in total. The Morgan fingerprint density at radius 2 is 1.80 bits per heavy atom. The highest BCUT2D eigenvalue weighted by Gasteiger charge is 2.11. The summed E-state index contributed by atoms with van der Waals surface area (Å²) in [4.78, 5) is 19.6. The Bertz CT molecular complexity index is 243. The van der Waals surface area contributed by atoms with Gasteiger partial charge < -0.3 is 10.2 Å². The Morgan fingerprint density at radius 1 is 1.40 bits per heavy atom.